The average molecular weight is 290 g/mol. The molecule has 2 N–H and O–H groups in total. The average Bonchev–Trinajstić information content (AvgIpc) is 2.85. The minimum absolute atomic E-state index is 0.0888. The summed E-state index contributed by atoms with van der Waals surface area (Å²) in [7, 11) is 1.77. The van der Waals surface area contributed by atoms with E-state index in [0.717, 1.165) is 0 Å². The fraction of sp³-hybridized carbons (Fsp3) is 0.250. The normalized spacial score (nSPS) is 11.7. The number of aromatic nitrogens is 3. The van der Waals surface area contributed by atoms with Crippen LogP contribution in [-0.2, 0) is 7.05 Å². The summed E-state index contributed by atoms with van der Waals surface area (Å²) in [5.41, 5.74) is 0.251. The molecule has 0 aliphatic rings. The van der Waals surface area contributed by atoms with Gasteiger partial charge < -0.3 is 15.2 Å². The highest BCUT2D eigenvalue weighted by atomic mass is 16.6. The van der Waals surface area contributed by atoms with E-state index in [4.69, 9.17) is 0 Å². The van der Waals surface area contributed by atoms with Gasteiger partial charge in [-0.1, -0.05) is 6.07 Å². The second kappa shape index (κ2) is 5.99. The lowest BCUT2D eigenvalue weighted by molar-refractivity contribution is -0.384. The molecule has 0 fully saturated rings. The maximum Gasteiger partial charge on any atom is 0.319 e. The molecule has 9 heteroatoms. The van der Waals surface area contributed by atoms with Crippen LogP contribution in [0.15, 0.2) is 30.6 Å². The highest BCUT2D eigenvalue weighted by Gasteiger charge is 2.14. The van der Waals surface area contributed by atoms with E-state index in [0.29, 0.717) is 11.5 Å². The molecule has 2 amide bonds. The van der Waals surface area contributed by atoms with E-state index < -0.39 is 11.0 Å². The molecule has 0 bridgehead atoms. The number of hydrogen-bond donors (Lipinski definition) is 2. The summed E-state index contributed by atoms with van der Waals surface area (Å²) in [6.07, 6.45) is 1.53. The first-order valence-electron chi connectivity index (χ1n) is 6.13. The molecule has 0 unspecified atom stereocenters. The summed E-state index contributed by atoms with van der Waals surface area (Å²) in [5, 5.41) is 23.5. The van der Waals surface area contributed by atoms with Gasteiger partial charge in [0.05, 0.1) is 11.0 Å². The van der Waals surface area contributed by atoms with Crippen LogP contribution in [0.4, 0.5) is 16.2 Å². The Bertz CT molecular complexity index is 669. The molecule has 0 aliphatic heterocycles. The predicted octanol–water partition coefficient (Wildman–Crippen LogP) is 1.61. The van der Waals surface area contributed by atoms with Crippen molar-refractivity contribution in [3.63, 3.8) is 0 Å². The molecule has 1 aromatic carbocycles. The fourth-order valence-electron chi connectivity index (χ4n) is 1.81. The Labute approximate surface area is 120 Å². The van der Waals surface area contributed by atoms with E-state index in [1.165, 1.54) is 24.5 Å². The third-order valence-corrected chi connectivity index (χ3v) is 2.80. The number of nitrogens with one attached hydrogen (secondary N) is 2. The summed E-state index contributed by atoms with van der Waals surface area (Å²) >= 11 is 0. The van der Waals surface area contributed by atoms with Crippen molar-refractivity contribution in [2.45, 2.75) is 13.0 Å². The molecule has 1 aromatic heterocycles. The van der Waals surface area contributed by atoms with E-state index >= 15 is 0 Å². The highest BCUT2D eigenvalue weighted by molar-refractivity contribution is 5.89. The zero-order valence-electron chi connectivity index (χ0n) is 11.5. The third-order valence-electron chi connectivity index (χ3n) is 2.80. The molecule has 2 rings (SSSR count). The summed E-state index contributed by atoms with van der Waals surface area (Å²) in [5.74, 6) is 0.601. The lowest BCUT2D eigenvalue weighted by atomic mass is 10.3. The van der Waals surface area contributed by atoms with Crippen molar-refractivity contribution >= 4 is 17.4 Å². The van der Waals surface area contributed by atoms with Crippen molar-refractivity contribution in [2.75, 3.05) is 5.32 Å². The van der Waals surface area contributed by atoms with E-state index in [9.17, 15) is 14.9 Å². The molecule has 0 spiro atoms. The first-order valence-corrected chi connectivity index (χ1v) is 6.13. The van der Waals surface area contributed by atoms with Gasteiger partial charge in [0.15, 0.2) is 5.82 Å². The molecule has 21 heavy (non-hydrogen) atoms. The number of hydrogen-bond acceptors (Lipinski definition) is 5. The summed E-state index contributed by atoms with van der Waals surface area (Å²) < 4.78 is 1.69. The van der Waals surface area contributed by atoms with Gasteiger partial charge in [-0.3, -0.25) is 10.1 Å². The molecule has 2 aromatic rings. The molecule has 0 saturated carbocycles. The molecular formula is C12H14N6O3. The van der Waals surface area contributed by atoms with Gasteiger partial charge in [-0.05, 0) is 13.0 Å². The van der Waals surface area contributed by atoms with Crippen LogP contribution in [0.1, 0.15) is 18.8 Å². The van der Waals surface area contributed by atoms with E-state index in [2.05, 4.69) is 20.8 Å². The van der Waals surface area contributed by atoms with Crippen LogP contribution in [0.25, 0.3) is 0 Å². The SMILES string of the molecule is C[C@@H](NC(=O)Nc1cccc([N+](=O)[O-])c1)c1nncn1C. The minimum atomic E-state index is -0.523. The second-order valence-electron chi connectivity index (χ2n) is 4.43. The minimum Gasteiger partial charge on any atom is -0.328 e. The lowest BCUT2D eigenvalue weighted by Gasteiger charge is -2.13. The number of rotatable bonds is 4. The molecule has 0 aliphatic carbocycles. The summed E-state index contributed by atoms with van der Waals surface area (Å²) in [4.78, 5) is 22.0. The predicted molar refractivity (Wildman–Crippen MR) is 74.7 cm³/mol. The smallest absolute Gasteiger partial charge is 0.319 e. The quantitative estimate of drug-likeness (QED) is 0.655. The van der Waals surface area contributed by atoms with Crippen LogP contribution in [0.2, 0.25) is 0 Å². The number of aryl methyl sites for hydroxylation is 1. The van der Waals surface area contributed by atoms with Crippen molar-refractivity contribution in [3.8, 4) is 0 Å². The van der Waals surface area contributed by atoms with Crippen LogP contribution >= 0.6 is 0 Å². The number of carbonyl (C=O) groups is 1. The number of nitro benzene ring substituents is 1. The van der Waals surface area contributed by atoms with Gasteiger partial charge in [-0.15, -0.1) is 10.2 Å². The van der Waals surface area contributed by atoms with Crippen LogP contribution in [0, 0.1) is 10.1 Å². The Morgan fingerprint density at radius 2 is 2.24 bits per heavy atom. The fourth-order valence-corrected chi connectivity index (χ4v) is 1.81. The first kappa shape index (κ1) is 14.4. The maximum atomic E-state index is 11.9. The van der Waals surface area contributed by atoms with Crippen LogP contribution in [0.3, 0.4) is 0 Å². The van der Waals surface area contributed by atoms with Gasteiger partial charge in [-0.2, -0.15) is 0 Å². The Morgan fingerprint density at radius 3 is 2.86 bits per heavy atom. The number of anilines is 1. The first-order chi connectivity index (χ1) is 9.97. The molecule has 0 radical (unpaired) electrons. The van der Waals surface area contributed by atoms with Crippen molar-refractivity contribution in [2.24, 2.45) is 7.05 Å². The maximum absolute atomic E-state index is 11.9. The number of benzene rings is 1. The molecular weight excluding hydrogens is 276 g/mol. The van der Waals surface area contributed by atoms with Crippen molar-refractivity contribution < 1.29 is 9.72 Å². The van der Waals surface area contributed by atoms with Gasteiger partial charge in [0.2, 0.25) is 0 Å². The highest BCUT2D eigenvalue weighted by Crippen LogP contribution is 2.17. The Balaban J connectivity index is 2.00. The van der Waals surface area contributed by atoms with Crippen LogP contribution in [-0.4, -0.2) is 25.7 Å². The number of carbonyl (C=O) groups excluding carboxylic acids is 1. The summed E-state index contributed by atoms with van der Waals surface area (Å²) in [6.45, 7) is 1.76. The van der Waals surface area contributed by atoms with Crippen LogP contribution < -0.4 is 10.6 Å². The van der Waals surface area contributed by atoms with Gasteiger partial charge in [0.25, 0.3) is 5.69 Å². The van der Waals surface area contributed by atoms with Gasteiger partial charge in [0, 0.05) is 24.9 Å². The zero-order chi connectivity index (χ0) is 15.4. The number of nitrogens with zero attached hydrogens (tertiary/aromatic N) is 4. The zero-order valence-corrected chi connectivity index (χ0v) is 11.5. The van der Waals surface area contributed by atoms with E-state index in [1.54, 1.807) is 24.6 Å². The van der Waals surface area contributed by atoms with E-state index in [1.807, 2.05) is 0 Å². The van der Waals surface area contributed by atoms with Crippen molar-refractivity contribution in [3.05, 3.63) is 46.5 Å². The van der Waals surface area contributed by atoms with Gasteiger partial charge >= 0.3 is 6.03 Å². The summed E-state index contributed by atoms with van der Waals surface area (Å²) in [6, 6.07) is 4.87. The van der Waals surface area contributed by atoms with Crippen molar-refractivity contribution in [1.29, 1.82) is 0 Å². The second-order valence-corrected chi connectivity index (χ2v) is 4.43. The van der Waals surface area contributed by atoms with Gasteiger partial charge in [-0.25, -0.2) is 4.79 Å². The van der Waals surface area contributed by atoms with Gasteiger partial charge in [0.1, 0.15) is 6.33 Å². The molecule has 110 valence electrons. The topological polar surface area (TPSA) is 115 Å². The standard InChI is InChI=1S/C12H14N6O3/c1-8(11-16-13-7-17(11)2)14-12(19)15-9-4-3-5-10(6-9)18(20)21/h3-8H,1-2H3,(H2,14,15,19)/t8-/m1/s1. The number of urea groups is 1. The Morgan fingerprint density at radius 1 is 1.48 bits per heavy atom. The molecule has 1 heterocycles. The van der Waals surface area contributed by atoms with E-state index in [-0.39, 0.29) is 11.7 Å². The number of nitro groups is 1. The van der Waals surface area contributed by atoms with Crippen molar-refractivity contribution in [1.82, 2.24) is 20.1 Å². The number of amides is 2. The number of non-ortho nitro benzene ring substituents is 1. The van der Waals surface area contributed by atoms with Crippen LogP contribution in [0.5, 0.6) is 0 Å². The molecule has 0 saturated heterocycles. The third kappa shape index (κ3) is 3.53. The molecule has 9 nitrogen and oxygen atoms in total. The largest absolute Gasteiger partial charge is 0.328 e. The Hall–Kier alpha value is -2.97. The monoisotopic (exact) mass is 290 g/mol. The molecule has 1 atom stereocenters. The lowest BCUT2D eigenvalue weighted by Crippen LogP contribution is -2.32. The Kier molecular flexibility index (Phi) is 4.12.